The largest absolute Gasteiger partial charge is 0.480 e. The van der Waals surface area contributed by atoms with Gasteiger partial charge in [-0.2, -0.15) is 11.8 Å². The molecule has 23 heavy (non-hydrogen) atoms. The van der Waals surface area contributed by atoms with E-state index >= 15 is 0 Å². The van der Waals surface area contributed by atoms with Crippen molar-refractivity contribution in [3.05, 3.63) is 34.9 Å². The Bertz CT molecular complexity index is 546. The zero-order chi connectivity index (χ0) is 17.6. The highest BCUT2D eigenvalue weighted by Crippen LogP contribution is 2.20. The molecule has 0 aliphatic heterocycles. The van der Waals surface area contributed by atoms with Crippen molar-refractivity contribution in [3.63, 3.8) is 0 Å². The van der Waals surface area contributed by atoms with Crippen molar-refractivity contribution in [1.29, 1.82) is 0 Å². The molecule has 1 aromatic rings. The van der Waals surface area contributed by atoms with Gasteiger partial charge in [-0.1, -0.05) is 18.2 Å². The van der Waals surface area contributed by atoms with Gasteiger partial charge in [0.2, 0.25) is 0 Å². The Hall–Kier alpha value is -1.69. The molecule has 0 saturated heterocycles. The Morgan fingerprint density at radius 3 is 2.30 bits per heavy atom. The van der Waals surface area contributed by atoms with Crippen LogP contribution >= 0.6 is 11.8 Å². The zero-order valence-electron chi connectivity index (χ0n) is 14.3. The second-order valence-electron chi connectivity index (χ2n) is 6.42. The third kappa shape index (κ3) is 6.95. The molecule has 0 spiro atoms. The summed E-state index contributed by atoms with van der Waals surface area (Å²) in [4.78, 5) is 23.0. The number of amides is 1. The molecule has 0 radical (unpaired) electrons. The molecule has 6 heteroatoms. The minimum absolute atomic E-state index is 0.280. The van der Waals surface area contributed by atoms with Crippen molar-refractivity contribution in [1.82, 2.24) is 5.32 Å². The van der Waals surface area contributed by atoms with Gasteiger partial charge >= 0.3 is 12.1 Å². The highest BCUT2D eigenvalue weighted by molar-refractivity contribution is 7.98. The summed E-state index contributed by atoms with van der Waals surface area (Å²) in [5.74, 6) is -0.0782. The van der Waals surface area contributed by atoms with Crippen LogP contribution in [-0.2, 0) is 15.3 Å². The van der Waals surface area contributed by atoms with Gasteiger partial charge in [-0.15, -0.1) is 0 Å². The van der Waals surface area contributed by atoms with Crippen LogP contribution < -0.4 is 5.32 Å². The van der Waals surface area contributed by atoms with Crippen molar-refractivity contribution >= 4 is 23.8 Å². The lowest BCUT2D eigenvalue weighted by Crippen LogP contribution is -2.44. The molecule has 128 valence electrons. The highest BCUT2D eigenvalue weighted by atomic mass is 32.2. The lowest BCUT2D eigenvalue weighted by molar-refractivity contribution is -0.138. The summed E-state index contributed by atoms with van der Waals surface area (Å²) in [5.41, 5.74) is 2.92. The summed E-state index contributed by atoms with van der Waals surface area (Å²) in [6.45, 7) is 9.28. The van der Waals surface area contributed by atoms with Gasteiger partial charge in [0.25, 0.3) is 0 Å². The highest BCUT2D eigenvalue weighted by Gasteiger charge is 2.24. The molecule has 2 N–H and O–H groups in total. The normalized spacial score (nSPS) is 12.6. The van der Waals surface area contributed by atoms with Crippen LogP contribution in [0.2, 0.25) is 0 Å². The molecular weight excluding hydrogens is 314 g/mol. The van der Waals surface area contributed by atoms with Crippen molar-refractivity contribution in [2.75, 3.05) is 5.75 Å². The van der Waals surface area contributed by atoms with E-state index in [-0.39, 0.29) is 5.75 Å². The number of carboxylic acid groups (broad SMARTS) is 1. The first-order valence-electron chi connectivity index (χ1n) is 7.45. The fourth-order valence-electron chi connectivity index (χ4n) is 1.98. The molecule has 0 aromatic heterocycles. The van der Waals surface area contributed by atoms with Gasteiger partial charge in [-0.25, -0.2) is 9.59 Å². The smallest absolute Gasteiger partial charge is 0.408 e. The fourth-order valence-corrected chi connectivity index (χ4v) is 3.22. The minimum atomic E-state index is -1.06. The molecule has 0 heterocycles. The van der Waals surface area contributed by atoms with E-state index in [0.29, 0.717) is 5.75 Å². The van der Waals surface area contributed by atoms with Crippen molar-refractivity contribution in [2.24, 2.45) is 0 Å². The van der Waals surface area contributed by atoms with E-state index in [1.807, 2.05) is 32.0 Å². The fraction of sp³-hybridized carbons (Fsp3) is 0.529. The monoisotopic (exact) mass is 339 g/mol. The average molecular weight is 339 g/mol. The summed E-state index contributed by atoms with van der Waals surface area (Å²) in [5, 5.41) is 11.7. The number of carbonyl (C=O) groups is 2. The van der Waals surface area contributed by atoms with Crippen LogP contribution in [0.4, 0.5) is 4.79 Å². The molecule has 0 aliphatic rings. The predicted octanol–water partition coefficient (Wildman–Crippen LogP) is 3.51. The quantitative estimate of drug-likeness (QED) is 0.829. The number of benzene rings is 1. The number of rotatable bonds is 6. The molecule has 0 bridgehead atoms. The molecular formula is C17H25NO4S. The maximum atomic E-state index is 11.7. The van der Waals surface area contributed by atoms with Gasteiger partial charge in [0, 0.05) is 11.5 Å². The van der Waals surface area contributed by atoms with Crippen LogP contribution in [0.15, 0.2) is 18.2 Å². The van der Waals surface area contributed by atoms with Crippen LogP contribution in [0.1, 0.15) is 37.5 Å². The van der Waals surface area contributed by atoms with Crippen molar-refractivity contribution in [2.45, 2.75) is 52.0 Å². The number of ether oxygens (including phenoxy) is 1. The van der Waals surface area contributed by atoms with Crippen LogP contribution in [0.25, 0.3) is 0 Å². The number of thioether (sulfide) groups is 1. The molecule has 1 atom stereocenters. The molecule has 0 aliphatic carbocycles. The number of aliphatic carboxylic acids is 1. The lowest BCUT2D eigenvalue weighted by atomic mass is 10.1. The number of hydrogen-bond donors (Lipinski definition) is 2. The minimum Gasteiger partial charge on any atom is -0.480 e. The maximum absolute atomic E-state index is 11.7. The van der Waals surface area contributed by atoms with E-state index in [1.54, 1.807) is 20.8 Å². The van der Waals surface area contributed by atoms with E-state index in [0.717, 1.165) is 0 Å². The first kappa shape index (κ1) is 19.4. The predicted molar refractivity (Wildman–Crippen MR) is 92.9 cm³/mol. The van der Waals surface area contributed by atoms with Gasteiger partial charge in [0.05, 0.1) is 0 Å². The van der Waals surface area contributed by atoms with E-state index in [1.165, 1.54) is 28.5 Å². The summed E-state index contributed by atoms with van der Waals surface area (Å²) in [7, 11) is 0. The van der Waals surface area contributed by atoms with Crippen LogP contribution in [0.3, 0.4) is 0 Å². The molecule has 5 nitrogen and oxygen atoms in total. The Labute approximate surface area is 141 Å². The van der Waals surface area contributed by atoms with Crippen LogP contribution in [0, 0.1) is 13.8 Å². The van der Waals surface area contributed by atoms with Gasteiger partial charge in [0.15, 0.2) is 0 Å². The molecule has 0 fully saturated rings. The number of aryl methyl sites for hydroxylation is 2. The number of alkyl carbamates (subject to hydrolysis) is 1. The lowest BCUT2D eigenvalue weighted by Gasteiger charge is -2.22. The van der Waals surface area contributed by atoms with Gasteiger partial charge in [-0.05, 0) is 51.3 Å². The first-order valence-corrected chi connectivity index (χ1v) is 8.61. The van der Waals surface area contributed by atoms with Crippen molar-refractivity contribution < 1.29 is 19.4 Å². The standard InChI is InChI=1S/C17H25NO4S/c1-11-7-6-8-12(2)13(11)9-23-10-14(15(19)20)18-16(21)22-17(3,4)5/h6-8,14H,9-10H2,1-5H3,(H,18,21)(H,19,20). The summed E-state index contributed by atoms with van der Waals surface area (Å²) < 4.78 is 5.10. The van der Waals surface area contributed by atoms with Gasteiger partial charge in [0.1, 0.15) is 11.6 Å². The topological polar surface area (TPSA) is 75.6 Å². The molecule has 1 amide bonds. The zero-order valence-corrected chi connectivity index (χ0v) is 15.1. The maximum Gasteiger partial charge on any atom is 0.408 e. The Balaban J connectivity index is 2.57. The number of hydrogen-bond acceptors (Lipinski definition) is 4. The Kier molecular flexibility index (Phi) is 6.94. The van der Waals surface area contributed by atoms with Crippen molar-refractivity contribution in [3.8, 4) is 0 Å². The number of nitrogens with one attached hydrogen (secondary N) is 1. The second kappa shape index (κ2) is 8.24. The van der Waals surface area contributed by atoms with Gasteiger partial charge < -0.3 is 15.2 Å². The summed E-state index contributed by atoms with van der Waals surface area (Å²) in [6, 6.07) is 5.11. The number of carboxylic acids is 1. The first-order chi connectivity index (χ1) is 10.6. The van der Waals surface area contributed by atoms with E-state index in [2.05, 4.69) is 5.32 Å². The summed E-state index contributed by atoms with van der Waals surface area (Å²) in [6.07, 6.45) is -0.711. The van der Waals surface area contributed by atoms with E-state index < -0.39 is 23.7 Å². The summed E-state index contributed by atoms with van der Waals surface area (Å²) >= 11 is 1.48. The number of carbonyl (C=O) groups excluding carboxylic acids is 1. The van der Waals surface area contributed by atoms with E-state index in [4.69, 9.17) is 4.74 Å². The third-order valence-electron chi connectivity index (χ3n) is 3.16. The molecule has 1 rings (SSSR count). The SMILES string of the molecule is Cc1cccc(C)c1CSCC(NC(=O)OC(C)(C)C)C(=O)O. The van der Waals surface area contributed by atoms with E-state index in [9.17, 15) is 14.7 Å². The Morgan fingerprint density at radius 2 is 1.83 bits per heavy atom. The second-order valence-corrected chi connectivity index (χ2v) is 7.45. The van der Waals surface area contributed by atoms with Crippen LogP contribution in [-0.4, -0.2) is 34.6 Å². The molecule has 1 aromatic carbocycles. The Morgan fingerprint density at radius 1 is 1.26 bits per heavy atom. The molecule has 1 unspecified atom stereocenters. The average Bonchev–Trinajstić information content (AvgIpc) is 2.38. The molecule has 0 saturated carbocycles. The third-order valence-corrected chi connectivity index (χ3v) is 4.23. The van der Waals surface area contributed by atoms with Crippen LogP contribution in [0.5, 0.6) is 0 Å². The van der Waals surface area contributed by atoms with Gasteiger partial charge in [-0.3, -0.25) is 0 Å².